The van der Waals surface area contributed by atoms with Crippen LogP contribution in [0.3, 0.4) is 0 Å². The third-order valence-corrected chi connectivity index (χ3v) is 5.71. The number of pyridine rings is 2. The van der Waals surface area contributed by atoms with E-state index in [4.69, 9.17) is 4.98 Å². The Kier molecular flexibility index (Phi) is 6.10. The molecule has 5 aromatic rings. The average Bonchev–Trinajstić information content (AvgIpc) is 3.27. The highest BCUT2D eigenvalue weighted by atomic mass is 19.1. The second kappa shape index (κ2) is 9.49. The molecule has 3 aromatic heterocycles. The van der Waals surface area contributed by atoms with Gasteiger partial charge in [-0.1, -0.05) is 30.3 Å². The van der Waals surface area contributed by atoms with Crippen molar-refractivity contribution >= 4 is 10.9 Å². The smallest absolute Gasteiger partial charge is 0.129 e. The predicted molar refractivity (Wildman–Crippen MR) is 129 cm³/mol. The maximum Gasteiger partial charge on any atom is 0.129 e. The molecule has 5 rings (SSSR count). The van der Waals surface area contributed by atoms with Gasteiger partial charge in [-0.15, -0.1) is 0 Å². The van der Waals surface area contributed by atoms with Crippen LogP contribution >= 0.6 is 0 Å². The number of aromatic amines is 1. The first-order chi connectivity index (χ1) is 16.6. The van der Waals surface area contributed by atoms with E-state index in [-0.39, 0.29) is 12.0 Å². The molecule has 2 N–H and O–H groups in total. The Labute approximate surface area is 195 Å². The van der Waals surface area contributed by atoms with Crippen LogP contribution in [-0.4, -0.2) is 26.5 Å². The molecule has 34 heavy (non-hydrogen) atoms. The Balaban J connectivity index is 1.45. The SMILES string of the molecule is Cc1cccc(-c2[nH]c(CNCCc3c(F)cccc3F)nc2-c2ccnc3ccccc23)n1. The summed E-state index contributed by atoms with van der Waals surface area (Å²) >= 11 is 0. The molecule has 0 radical (unpaired) electrons. The molecule has 0 aliphatic rings. The predicted octanol–water partition coefficient (Wildman–Crippen LogP) is 5.61. The summed E-state index contributed by atoms with van der Waals surface area (Å²) in [4.78, 5) is 17.4. The van der Waals surface area contributed by atoms with E-state index in [1.54, 1.807) is 6.20 Å². The first-order valence-electron chi connectivity index (χ1n) is 11.1. The van der Waals surface area contributed by atoms with Crippen molar-refractivity contribution in [3.63, 3.8) is 0 Å². The minimum atomic E-state index is -0.528. The van der Waals surface area contributed by atoms with E-state index in [0.29, 0.717) is 18.9 Å². The Morgan fingerprint density at radius 1 is 0.882 bits per heavy atom. The van der Waals surface area contributed by atoms with Gasteiger partial charge in [-0.3, -0.25) is 9.97 Å². The number of H-pyrrole nitrogens is 1. The van der Waals surface area contributed by atoms with Gasteiger partial charge in [-0.05, 0) is 56.3 Å². The van der Waals surface area contributed by atoms with Crippen LogP contribution in [0, 0.1) is 18.6 Å². The molecule has 0 saturated carbocycles. The summed E-state index contributed by atoms with van der Waals surface area (Å²) < 4.78 is 27.8. The number of hydrogen-bond donors (Lipinski definition) is 2. The van der Waals surface area contributed by atoms with Gasteiger partial charge in [0.25, 0.3) is 0 Å². The maximum absolute atomic E-state index is 13.9. The van der Waals surface area contributed by atoms with Crippen molar-refractivity contribution in [1.82, 2.24) is 25.3 Å². The number of hydrogen-bond acceptors (Lipinski definition) is 4. The normalized spacial score (nSPS) is 11.3. The van der Waals surface area contributed by atoms with E-state index in [0.717, 1.165) is 39.2 Å². The summed E-state index contributed by atoms with van der Waals surface area (Å²) in [6, 6.07) is 19.7. The van der Waals surface area contributed by atoms with Crippen LogP contribution in [0.25, 0.3) is 33.5 Å². The van der Waals surface area contributed by atoms with Gasteiger partial charge in [0.05, 0.1) is 29.1 Å². The molecular weight excluding hydrogens is 432 g/mol. The van der Waals surface area contributed by atoms with Gasteiger partial charge < -0.3 is 10.3 Å². The number of nitrogens with one attached hydrogen (secondary N) is 2. The third kappa shape index (κ3) is 4.43. The number of benzene rings is 2. The number of halogens is 2. The Bertz CT molecular complexity index is 1440. The molecule has 0 fully saturated rings. The molecule has 0 unspecified atom stereocenters. The van der Waals surface area contributed by atoms with Crippen LogP contribution in [0.5, 0.6) is 0 Å². The molecule has 0 bridgehead atoms. The van der Waals surface area contributed by atoms with E-state index in [9.17, 15) is 8.78 Å². The molecule has 7 heteroatoms. The van der Waals surface area contributed by atoms with Crippen LogP contribution in [0.2, 0.25) is 0 Å². The monoisotopic (exact) mass is 455 g/mol. The highest BCUT2D eigenvalue weighted by Crippen LogP contribution is 2.33. The van der Waals surface area contributed by atoms with Gasteiger partial charge in [0.1, 0.15) is 17.5 Å². The number of fused-ring (bicyclic) bond motifs is 1. The molecule has 0 aliphatic carbocycles. The van der Waals surface area contributed by atoms with Gasteiger partial charge in [0.2, 0.25) is 0 Å². The molecular formula is C27H23F2N5. The lowest BCUT2D eigenvalue weighted by Crippen LogP contribution is -2.18. The fraction of sp³-hybridized carbons (Fsp3) is 0.148. The molecule has 3 heterocycles. The zero-order valence-electron chi connectivity index (χ0n) is 18.6. The quantitative estimate of drug-likeness (QED) is 0.313. The largest absolute Gasteiger partial charge is 0.339 e. The van der Waals surface area contributed by atoms with Crippen LogP contribution in [0.15, 0.2) is 72.9 Å². The Morgan fingerprint density at radius 2 is 1.68 bits per heavy atom. The summed E-state index contributed by atoms with van der Waals surface area (Å²) in [7, 11) is 0. The fourth-order valence-electron chi connectivity index (χ4n) is 4.06. The number of aromatic nitrogens is 4. The summed E-state index contributed by atoms with van der Waals surface area (Å²) in [6.07, 6.45) is 2.02. The molecule has 0 atom stereocenters. The second-order valence-corrected chi connectivity index (χ2v) is 8.07. The van der Waals surface area contributed by atoms with Gasteiger partial charge in [-0.25, -0.2) is 13.8 Å². The topological polar surface area (TPSA) is 66.5 Å². The van der Waals surface area contributed by atoms with Crippen molar-refractivity contribution in [2.45, 2.75) is 19.9 Å². The lowest BCUT2D eigenvalue weighted by atomic mass is 10.0. The minimum absolute atomic E-state index is 0.0861. The molecule has 0 amide bonds. The first-order valence-corrected chi connectivity index (χ1v) is 11.1. The summed E-state index contributed by atoms with van der Waals surface area (Å²) in [5.41, 5.74) is 5.23. The van der Waals surface area contributed by atoms with E-state index >= 15 is 0 Å². The lowest BCUT2D eigenvalue weighted by Gasteiger charge is -2.06. The van der Waals surface area contributed by atoms with Crippen molar-refractivity contribution in [3.8, 4) is 22.6 Å². The minimum Gasteiger partial charge on any atom is -0.339 e. The average molecular weight is 456 g/mol. The molecule has 0 spiro atoms. The molecule has 0 aliphatic heterocycles. The van der Waals surface area contributed by atoms with E-state index in [2.05, 4.69) is 20.3 Å². The third-order valence-electron chi connectivity index (χ3n) is 5.71. The van der Waals surface area contributed by atoms with E-state index in [1.807, 2.05) is 55.5 Å². The standard InChI is InChI=1S/C27H23F2N5/c1-17-6-4-11-24(32-17)27-26(19-13-15-31-23-10-3-2-7-18(19)23)33-25(34-27)16-30-14-12-20-21(28)8-5-9-22(20)29/h2-11,13,15,30H,12,14,16H2,1H3,(H,33,34). The zero-order valence-corrected chi connectivity index (χ0v) is 18.6. The second-order valence-electron chi connectivity index (χ2n) is 8.07. The zero-order chi connectivity index (χ0) is 23.5. The van der Waals surface area contributed by atoms with Crippen molar-refractivity contribution in [2.24, 2.45) is 0 Å². The molecule has 0 saturated heterocycles. The molecule has 2 aromatic carbocycles. The highest BCUT2D eigenvalue weighted by molar-refractivity contribution is 5.96. The van der Waals surface area contributed by atoms with Crippen molar-refractivity contribution in [1.29, 1.82) is 0 Å². The van der Waals surface area contributed by atoms with E-state index in [1.165, 1.54) is 18.2 Å². The number of nitrogens with zero attached hydrogens (tertiary/aromatic N) is 3. The van der Waals surface area contributed by atoms with Crippen molar-refractivity contribution in [2.75, 3.05) is 6.54 Å². The number of aryl methyl sites for hydroxylation is 1. The van der Waals surface area contributed by atoms with Gasteiger partial charge >= 0.3 is 0 Å². The summed E-state index contributed by atoms with van der Waals surface area (Å²) in [5.74, 6) is -0.345. The van der Waals surface area contributed by atoms with Crippen LogP contribution < -0.4 is 5.32 Å². The highest BCUT2D eigenvalue weighted by Gasteiger charge is 2.17. The number of rotatable bonds is 7. The van der Waals surface area contributed by atoms with Crippen LogP contribution in [0.4, 0.5) is 8.78 Å². The van der Waals surface area contributed by atoms with Gasteiger partial charge in [0.15, 0.2) is 0 Å². The first kappa shape index (κ1) is 21.9. The Hall–Kier alpha value is -3.97. The van der Waals surface area contributed by atoms with E-state index < -0.39 is 11.6 Å². The fourth-order valence-corrected chi connectivity index (χ4v) is 4.06. The van der Waals surface area contributed by atoms with Crippen LogP contribution in [-0.2, 0) is 13.0 Å². The van der Waals surface area contributed by atoms with Gasteiger partial charge in [0, 0.05) is 28.4 Å². The van der Waals surface area contributed by atoms with Crippen molar-refractivity contribution < 1.29 is 8.78 Å². The maximum atomic E-state index is 13.9. The summed E-state index contributed by atoms with van der Waals surface area (Å²) in [6.45, 7) is 2.77. The number of imidazole rings is 1. The number of para-hydroxylation sites is 1. The lowest BCUT2D eigenvalue weighted by molar-refractivity contribution is 0.545. The van der Waals surface area contributed by atoms with Gasteiger partial charge in [-0.2, -0.15) is 0 Å². The molecule has 5 nitrogen and oxygen atoms in total. The van der Waals surface area contributed by atoms with Crippen LogP contribution in [0.1, 0.15) is 17.1 Å². The van der Waals surface area contributed by atoms with Crippen molar-refractivity contribution in [3.05, 3.63) is 102 Å². The Morgan fingerprint density at radius 3 is 2.50 bits per heavy atom. The summed E-state index contributed by atoms with van der Waals surface area (Å²) in [5, 5.41) is 4.24. The molecule has 170 valence electrons.